The Bertz CT molecular complexity index is 548. The van der Waals surface area contributed by atoms with Crippen LogP contribution in [0.25, 0.3) is 0 Å². The molecule has 2 aliphatic heterocycles. The van der Waals surface area contributed by atoms with Crippen LogP contribution in [-0.2, 0) is 18.9 Å². The minimum Gasteiger partial charge on any atom is -0.445 e. The average molecular weight is 425 g/mol. The number of carbonyl (C=O) groups is 1. The second-order valence-electron chi connectivity index (χ2n) is 6.59. The molecule has 0 radical (unpaired) electrons. The summed E-state index contributed by atoms with van der Waals surface area (Å²) < 4.78 is 20.5. The largest absolute Gasteiger partial charge is 0.445 e. The normalized spacial score (nSPS) is 42.9. The molecule has 0 aliphatic carbocycles. The van der Waals surface area contributed by atoms with Crippen LogP contribution in [0.3, 0.4) is 0 Å². The van der Waals surface area contributed by atoms with E-state index in [9.17, 15) is 40.5 Å². The van der Waals surface area contributed by atoms with Crippen molar-refractivity contribution in [3.8, 4) is 0 Å². The molecular weight excluding hydrogens is 398 g/mol. The Labute approximate surface area is 165 Å². The first-order valence-corrected chi connectivity index (χ1v) is 8.87. The fourth-order valence-corrected chi connectivity index (χ4v) is 3.05. The minimum atomic E-state index is -1.77. The van der Waals surface area contributed by atoms with Crippen molar-refractivity contribution in [1.29, 1.82) is 0 Å². The van der Waals surface area contributed by atoms with Crippen molar-refractivity contribution in [2.45, 2.75) is 61.3 Å². The number of amides is 1. The van der Waals surface area contributed by atoms with Crippen LogP contribution in [0, 0.1) is 0 Å². The van der Waals surface area contributed by atoms with E-state index in [0.717, 1.165) is 0 Å². The summed E-state index contributed by atoms with van der Waals surface area (Å²) >= 11 is 0. The highest BCUT2D eigenvalue weighted by Gasteiger charge is 2.50. The standard InChI is InChI=1S/C16H27NO12/c1-2-3-26-16(25)17-8-10(21)13(7(5-19)27-14(8)24)29-15-12(23)11(22)9(20)6(4-18)28-15/h2,6-15,18-24H,1,3-5H2,(H,17,25)/t6-,7+,8-,9-,10+,11+,12-,13+,14+,15+/m0/s1. The van der Waals surface area contributed by atoms with Crippen LogP contribution in [-0.4, -0.2) is 123 Å². The first-order valence-electron chi connectivity index (χ1n) is 8.87. The fraction of sp³-hybridized carbons (Fsp3) is 0.812. The molecule has 2 aliphatic rings. The summed E-state index contributed by atoms with van der Waals surface area (Å²) in [5.41, 5.74) is 0. The molecule has 0 aromatic heterocycles. The SMILES string of the molecule is C=CCOC(=O)N[C@H]1[C@@H](O)[C@H](O[C@H]2O[C@@H](CO)[C@H](O)[C@@H](O)[C@@H]2O)[C@@H](CO)O[C@H]1O. The van der Waals surface area contributed by atoms with E-state index >= 15 is 0 Å². The number of aliphatic hydroxyl groups is 7. The van der Waals surface area contributed by atoms with E-state index in [2.05, 4.69) is 11.9 Å². The summed E-state index contributed by atoms with van der Waals surface area (Å²) in [7, 11) is 0. The van der Waals surface area contributed by atoms with Gasteiger partial charge in [-0.15, -0.1) is 0 Å². The van der Waals surface area contributed by atoms with Gasteiger partial charge in [0.1, 0.15) is 55.4 Å². The fourth-order valence-electron chi connectivity index (χ4n) is 3.05. The number of aliphatic hydroxyl groups excluding tert-OH is 7. The predicted octanol–water partition coefficient (Wildman–Crippen LogP) is -4.48. The monoisotopic (exact) mass is 425 g/mol. The molecule has 0 aromatic rings. The molecule has 2 fully saturated rings. The van der Waals surface area contributed by atoms with E-state index in [-0.39, 0.29) is 6.61 Å². The second-order valence-corrected chi connectivity index (χ2v) is 6.59. The maximum absolute atomic E-state index is 11.7. The van der Waals surface area contributed by atoms with Gasteiger partial charge in [-0.1, -0.05) is 12.7 Å². The maximum atomic E-state index is 11.7. The van der Waals surface area contributed by atoms with Gasteiger partial charge in [0.15, 0.2) is 12.6 Å². The van der Waals surface area contributed by atoms with Crippen LogP contribution in [0.1, 0.15) is 0 Å². The molecule has 0 bridgehead atoms. The number of hydrogen-bond donors (Lipinski definition) is 8. The van der Waals surface area contributed by atoms with Crippen LogP contribution in [0.15, 0.2) is 12.7 Å². The zero-order valence-corrected chi connectivity index (χ0v) is 15.4. The van der Waals surface area contributed by atoms with Crippen molar-refractivity contribution < 1.29 is 59.5 Å². The molecule has 2 saturated heterocycles. The van der Waals surface area contributed by atoms with E-state index in [1.807, 2.05) is 0 Å². The summed E-state index contributed by atoms with van der Waals surface area (Å²) in [5.74, 6) is 0. The summed E-state index contributed by atoms with van der Waals surface area (Å²) in [6, 6.07) is -1.44. The Morgan fingerprint density at radius 2 is 1.62 bits per heavy atom. The highest BCUT2D eigenvalue weighted by Crippen LogP contribution is 2.28. The molecular formula is C16H27NO12. The van der Waals surface area contributed by atoms with E-state index in [1.54, 1.807) is 0 Å². The Morgan fingerprint density at radius 3 is 2.21 bits per heavy atom. The highest BCUT2D eigenvalue weighted by atomic mass is 16.7. The Balaban J connectivity index is 2.13. The van der Waals surface area contributed by atoms with Crippen molar-refractivity contribution in [2.75, 3.05) is 19.8 Å². The third-order valence-electron chi connectivity index (χ3n) is 4.63. The van der Waals surface area contributed by atoms with Crippen molar-refractivity contribution in [1.82, 2.24) is 5.32 Å². The molecule has 8 N–H and O–H groups in total. The van der Waals surface area contributed by atoms with Gasteiger partial charge >= 0.3 is 6.09 Å². The van der Waals surface area contributed by atoms with Crippen molar-refractivity contribution >= 4 is 6.09 Å². The summed E-state index contributed by atoms with van der Waals surface area (Å²) in [4.78, 5) is 11.7. The van der Waals surface area contributed by atoms with Crippen LogP contribution in [0.2, 0.25) is 0 Å². The van der Waals surface area contributed by atoms with E-state index < -0.39 is 80.7 Å². The number of hydrogen-bond acceptors (Lipinski definition) is 12. The van der Waals surface area contributed by atoms with Gasteiger partial charge in [-0.25, -0.2) is 4.79 Å². The summed E-state index contributed by atoms with van der Waals surface area (Å²) in [5, 5.41) is 71.2. The molecule has 0 unspecified atom stereocenters. The molecule has 168 valence electrons. The molecule has 0 aromatic carbocycles. The Kier molecular flexibility index (Phi) is 8.72. The third-order valence-corrected chi connectivity index (χ3v) is 4.63. The lowest BCUT2D eigenvalue weighted by Gasteiger charge is -2.46. The van der Waals surface area contributed by atoms with Gasteiger partial charge in [0.05, 0.1) is 13.2 Å². The average Bonchev–Trinajstić information content (AvgIpc) is 2.71. The van der Waals surface area contributed by atoms with Crippen LogP contribution in [0.4, 0.5) is 4.79 Å². The lowest BCUT2D eigenvalue weighted by atomic mass is 9.95. The number of carbonyl (C=O) groups excluding carboxylic acids is 1. The Hall–Kier alpha value is -1.39. The van der Waals surface area contributed by atoms with Gasteiger partial charge in [0.2, 0.25) is 0 Å². The van der Waals surface area contributed by atoms with Gasteiger partial charge in [-0.05, 0) is 0 Å². The van der Waals surface area contributed by atoms with E-state index in [0.29, 0.717) is 0 Å². The topological polar surface area (TPSA) is 208 Å². The third kappa shape index (κ3) is 5.40. The summed E-state index contributed by atoms with van der Waals surface area (Å²) in [6.07, 6.45) is -13.8. The number of rotatable bonds is 7. The lowest BCUT2D eigenvalue weighted by molar-refractivity contribution is -0.345. The smallest absolute Gasteiger partial charge is 0.407 e. The maximum Gasteiger partial charge on any atom is 0.407 e. The molecule has 2 rings (SSSR count). The molecule has 2 heterocycles. The first kappa shape index (κ1) is 23.9. The van der Waals surface area contributed by atoms with Gasteiger partial charge < -0.3 is 60.0 Å². The van der Waals surface area contributed by atoms with Crippen LogP contribution < -0.4 is 5.32 Å². The van der Waals surface area contributed by atoms with Crippen LogP contribution in [0.5, 0.6) is 0 Å². The number of alkyl carbamates (subject to hydrolysis) is 1. The highest BCUT2D eigenvalue weighted by molar-refractivity contribution is 5.67. The van der Waals surface area contributed by atoms with Crippen LogP contribution >= 0.6 is 0 Å². The van der Waals surface area contributed by atoms with Gasteiger partial charge in [0.25, 0.3) is 0 Å². The van der Waals surface area contributed by atoms with Crippen molar-refractivity contribution in [3.63, 3.8) is 0 Å². The predicted molar refractivity (Wildman–Crippen MR) is 91.1 cm³/mol. The number of ether oxygens (including phenoxy) is 4. The van der Waals surface area contributed by atoms with E-state index in [1.165, 1.54) is 6.08 Å². The molecule has 0 spiro atoms. The zero-order valence-electron chi connectivity index (χ0n) is 15.4. The van der Waals surface area contributed by atoms with E-state index in [4.69, 9.17) is 18.9 Å². The minimum absolute atomic E-state index is 0.129. The zero-order chi connectivity index (χ0) is 21.7. The molecule has 0 saturated carbocycles. The lowest BCUT2D eigenvalue weighted by Crippen LogP contribution is -2.67. The van der Waals surface area contributed by atoms with Gasteiger partial charge in [-0.3, -0.25) is 0 Å². The number of nitrogens with one attached hydrogen (secondary N) is 1. The molecule has 29 heavy (non-hydrogen) atoms. The molecule has 10 atom stereocenters. The molecule has 1 amide bonds. The first-order chi connectivity index (χ1) is 13.7. The summed E-state index contributed by atoms with van der Waals surface area (Å²) in [6.45, 7) is 1.82. The van der Waals surface area contributed by atoms with Crippen molar-refractivity contribution in [2.24, 2.45) is 0 Å². The molecule has 13 nitrogen and oxygen atoms in total. The van der Waals surface area contributed by atoms with Crippen molar-refractivity contribution in [3.05, 3.63) is 12.7 Å². The van der Waals surface area contributed by atoms with Gasteiger partial charge in [0, 0.05) is 0 Å². The molecule has 13 heteroatoms. The Morgan fingerprint density at radius 1 is 0.966 bits per heavy atom. The quantitative estimate of drug-likeness (QED) is 0.182. The van der Waals surface area contributed by atoms with Gasteiger partial charge in [-0.2, -0.15) is 0 Å². The second kappa shape index (κ2) is 10.6.